The molecule has 2 aromatic carbocycles. The molecule has 1 N–H and O–H groups in total. The molecule has 24 heavy (non-hydrogen) atoms. The molecule has 1 saturated carbocycles. The van der Waals surface area contributed by atoms with Crippen LogP contribution in [-0.2, 0) is 4.74 Å². The van der Waals surface area contributed by atoms with Crippen LogP contribution in [0, 0.1) is 5.92 Å². The van der Waals surface area contributed by atoms with Crippen LogP contribution in [0.3, 0.4) is 0 Å². The first-order valence-corrected chi connectivity index (χ1v) is 9.04. The fourth-order valence-corrected chi connectivity index (χ4v) is 3.22. The van der Waals surface area contributed by atoms with E-state index in [1.165, 1.54) is 32.8 Å². The lowest BCUT2D eigenvalue weighted by atomic mass is 9.87. The third kappa shape index (κ3) is 4.50. The summed E-state index contributed by atoms with van der Waals surface area (Å²) in [6, 6.07) is 12.6. The largest absolute Gasteiger partial charge is 0.465 e. The summed E-state index contributed by atoms with van der Waals surface area (Å²) in [6.07, 6.45) is 5.13. The molecule has 3 rings (SSSR count). The van der Waals surface area contributed by atoms with Gasteiger partial charge in [0.15, 0.2) is 0 Å². The lowest BCUT2D eigenvalue weighted by Crippen LogP contribution is -2.25. The Balaban J connectivity index is 0.00000100. The van der Waals surface area contributed by atoms with E-state index in [-0.39, 0.29) is 5.97 Å². The molecule has 3 heteroatoms. The van der Waals surface area contributed by atoms with Crippen LogP contribution in [0.2, 0.25) is 0 Å². The molecule has 1 aliphatic rings. The van der Waals surface area contributed by atoms with Gasteiger partial charge in [-0.2, -0.15) is 0 Å². The zero-order chi connectivity index (χ0) is 17.5. The van der Waals surface area contributed by atoms with Crippen LogP contribution in [0.4, 0.5) is 5.69 Å². The van der Waals surface area contributed by atoms with Crippen molar-refractivity contribution in [1.29, 1.82) is 0 Å². The Hall–Kier alpha value is -2.03. The maximum atomic E-state index is 11.6. The predicted molar refractivity (Wildman–Crippen MR) is 102 cm³/mol. The fourth-order valence-electron chi connectivity index (χ4n) is 3.22. The lowest BCUT2D eigenvalue weighted by Gasteiger charge is -2.27. The highest BCUT2D eigenvalue weighted by Gasteiger charge is 2.17. The van der Waals surface area contributed by atoms with Gasteiger partial charge < -0.3 is 10.1 Å². The summed E-state index contributed by atoms with van der Waals surface area (Å²) in [4.78, 5) is 11.6. The van der Waals surface area contributed by atoms with Crippen molar-refractivity contribution in [1.82, 2.24) is 0 Å². The summed E-state index contributed by atoms with van der Waals surface area (Å²) in [5.41, 5.74) is 1.76. The summed E-state index contributed by atoms with van der Waals surface area (Å²) in [5, 5.41) is 5.85. The normalized spacial score (nSPS) is 20.0. The van der Waals surface area contributed by atoms with Gasteiger partial charge in [0, 0.05) is 11.7 Å². The van der Waals surface area contributed by atoms with Crippen molar-refractivity contribution < 1.29 is 9.53 Å². The highest BCUT2D eigenvalue weighted by Crippen LogP contribution is 2.27. The molecular weight excluding hydrogens is 298 g/mol. The second-order valence-electron chi connectivity index (χ2n) is 6.37. The van der Waals surface area contributed by atoms with Crippen LogP contribution in [-0.4, -0.2) is 19.1 Å². The van der Waals surface area contributed by atoms with E-state index in [4.69, 9.17) is 4.74 Å². The quantitative estimate of drug-likeness (QED) is 0.741. The van der Waals surface area contributed by atoms with Gasteiger partial charge in [-0.15, -0.1) is 0 Å². The molecule has 0 radical (unpaired) electrons. The third-order valence-electron chi connectivity index (χ3n) is 4.65. The van der Waals surface area contributed by atoms with Crippen molar-refractivity contribution in [2.24, 2.45) is 5.92 Å². The van der Waals surface area contributed by atoms with Gasteiger partial charge in [-0.1, -0.05) is 32.9 Å². The number of carbonyl (C=O) groups is 1. The van der Waals surface area contributed by atoms with E-state index in [1.54, 1.807) is 0 Å². The molecule has 2 aromatic rings. The maximum Gasteiger partial charge on any atom is 0.337 e. The number of esters is 1. The van der Waals surface area contributed by atoms with Crippen molar-refractivity contribution in [2.75, 3.05) is 12.4 Å². The van der Waals surface area contributed by atoms with Gasteiger partial charge in [-0.3, -0.25) is 0 Å². The van der Waals surface area contributed by atoms with Gasteiger partial charge in [0.05, 0.1) is 12.7 Å². The maximum absolute atomic E-state index is 11.6. The second kappa shape index (κ2) is 8.72. The number of nitrogens with one attached hydrogen (secondary N) is 1. The monoisotopic (exact) mass is 327 g/mol. The van der Waals surface area contributed by atoms with Crippen LogP contribution in [0.15, 0.2) is 36.4 Å². The van der Waals surface area contributed by atoms with E-state index in [0.29, 0.717) is 11.6 Å². The van der Waals surface area contributed by atoms with Crippen molar-refractivity contribution in [3.8, 4) is 0 Å². The molecule has 1 fully saturated rings. The molecule has 0 aliphatic heterocycles. The molecule has 0 atom stereocenters. The van der Waals surface area contributed by atoms with Crippen molar-refractivity contribution in [3.05, 3.63) is 42.0 Å². The average Bonchev–Trinajstić information content (AvgIpc) is 2.64. The minimum Gasteiger partial charge on any atom is -0.465 e. The van der Waals surface area contributed by atoms with Gasteiger partial charge in [0.25, 0.3) is 0 Å². The Labute approximate surface area is 145 Å². The van der Waals surface area contributed by atoms with Crippen molar-refractivity contribution >= 4 is 22.4 Å². The molecule has 0 heterocycles. The van der Waals surface area contributed by atoms with E-state index in [2.05, 4.69) is 30.4 Å². The number of fused-ring (bicyclic) bond motifs is 1. The first-order valence-electron chi connectivity index (χ1n) is 9.04. The standard InChI is InChI=1S/C19H23NO2.C2H6/c1-13-3-8-17(9-4-13)20-18-10-7-14-11-16(19(21)22-2)6-5-15(14)12-18;1-2/h5-7,10-13,17,20H,3-4,8-9H2,1-2H3;1-2H3. The number of rotatable bonds is 3. The van der Waals surface area contributed by atoms with Crippen LogP contribution < -0.4 is 5.32 Å². The highest BCUT2D eigenvalue weighted by molar-refractivity contribution is 5.96. The minimum absolute atomic E-state index is 0.291. The summed E-state index contributed by atoms with van der Waals surface area (Å²) in [7, 11) is 1.41. The Morgan fingerprint density at radius 2 is 1.62 bits per heavy atom. The Kier molecular flexibility index (Phi) is 6.65. The number of anilines is 1. The molecule has 1 aliphatic carbocycles. The SMILES string of the molecule is CC.COC(=O)c1ccc2cc(NC3CCC(C)CC3)ccc2c1. The molecule has 130 valence electrons. The molecule has 0 saturated heterocycles. The molecule has 0 unspecified atom stereocenters. The zero-order valence-electron chi connectivity index (χ0n) is 15.3. The highest BCUT2D eigenvalue weighted by atomic mass is 16.5. The molecule has 0 bridgehead atoms. The average molecular weight is 327 g/mol. The summed E-state index contributed by atoms with van der Waals surface area (Å²) < 4.78 is 4.77. The number of hydrogen-bond donors (Lipinski definition) is 1. The molecule has 0 amide bonds. The van der Waals surface area contributed by atoms with Crippen molar-refractivity contribution in [3.63, 3.8) is 0 Å². The van der Waals surface area contributed by atoms with E-state index < -0.39 is 0 Å². The van der Waals surface area contributed by atoms with E-state index in [1.807, 2.05) is 32.0 Å². The number of carbonyl (C=O) groups excluding carboxylic acids is 1. The van der Waals surface area contributed by atoms with Gasteiger partial charge in [0.2, 0.25) is 0 Å². The lowest BCUT2D eigenvalue weighted by molar-refractivity contribution is 0.0601. The first kappa shape index (κ1) is 18.3. The second-order valence-corrected chi connectivity index (χ2v) is 6.37. The third-order valence-corrected chi connectivity index (χ3v) is 4.65. The Bertz CT molecular complexity index is 673. The van der Waals surface area contributed by atoms with Crippen LogP contribution >= 0.6 is 0 Å². The number of methoxy groups -OCH3 is 1. The van der Waals surface area contributed by atoms with Gasteiger partial charge >= 0.3 is 5.97 Å². The van der Waals surface area contributed by atoms with Gasteiger partial charge in [-0.05, 0) is 66.6 Å². The van der Waals surface area contributed by atoms with Crippen LogP contribution in [0.25, 0.3) is 10.8 Å². The summed E-state index contributed by atoms with van der Waals surface area (Å²) >= 11 is 0. The van der Waals surface area contributed by atoms with E-state index in [0.717, 1.165) is 22.4 Å². The smallest absolute Gasteiger partial charge is 0.337 e. The molecule has 0 aromatic heterocycles. The predicted octanol–water partition coefficient (Wildman–Crippen LogP) is 5.64. The first-order chi connectivity index (χ1) is 11.7. The van der Waals surface area contributed by atoms with E-state index in [9.17, 15) is 4.79 Å². The summed E-state index contributed by atoms with van der Waals surface area (Å²) in [6.45, 7) is 6.34. The van der Waals surface area contributed by atoms with Crippen LogP contribution in [0.5, 0.6) is 0 Å². The van der Waals surface area contributed by atoms with Crippen LogP contribution in [0.1, 0.15) is 56.8 Å². The van der Waals surface area contributed by atoms with Gasteiger partial charge in [-0.25, -0.2) is 4.79 Å². The summed E-state index contributed by atoms with van der Waals surface area (Å²) in [5.74, 6) is 0.576. The van der Waals surface area contributed by atoms with E-state index >= 15 is 0 Å². The topological polar surface area (TPSA) is 38.3 Å². The van der Waals surface area contributed by atoms with Crippen molar-refractivity contribution in [2.45, 2.75) is 52.5 Å². The minimum atomic E-state index is -0.291. The molecule has 3 nitrogen and oxygen atoms in total. The molecule has 0 spiro atoms. The van der Waals surface area contributed by atoms with Gasteiger partial charge in [0.1, 0.15) is 0 Å². The number of benzene rings is 2. The zero-order valence-corrected chi connectivity index (χ0v) is 15.3. The number of hydrogen-bond acceptors (Lipinski definition) is 3. The Morgan fingerprint density at radius 1 is 1.00 bits per heavy atom. The Morgan fingerprint density at radius 3 is 2.29 bits per heavy atom. The molecular formula is C21H29NO2. The fraction of sp³-hybridized carbons (Fsp3) is 0.476. The number of ether oxygens (including phenoxy) is 1.